The molecule has 1 aliphatic carbocycles. The van der Waals surface area contributed by atoms with E-state index in [1.807, 2.05) is 18.2 Å². The molecule has 0 aliphatic heterocycles. The van der Waals surface area contributed by atoms with Gasteiger partial charge < -0.3 is 10.5 Å². The van der Waals surface area contributed by atoms with Crippen molar-refractivity contribution in [2.24, 2.45) is 0 Å². The Hall–Kier alpha value is -2.10. The molecule has 0 atom stereocenters. The highest BCUT2D eigenvalue weighted by Gasteiger charge is 2.23. The number of nitrogens with zero attached hydrogens (tertiary/aromatic N) is 1. The molecule has 0 fully saturated rings. The maximum atomic E-state index is 12.0. The van der Waals surface area contributed by atoms with Gasteiger partial charge in [-0.15, -0.1) is 0 Å². The van der Waals surface area contributed by atoms with Gasteiger partial charge in [0.15, 0.2) is 5.78 Å². The lowest BCUT2D eigenvalue weighted by Gasteiger charge is -2.17. The summed E-state index contributed by atoms with van der Waals surface area (Å²) in [5.41, 5.74) is 8.95. The van der Waals surface area contributed by atoms with E-state index in [0.29, 0.717) is 17.7 Å². The molecule has 2 aromatic rings. The Morgan fingerprint density at radius 3 is 2.94 bits per heavy atom. The summed E-state index contributed by atoms with van der Waals surface area (Å²) in [6.07, 6.45) is 2.25. The molecule has 4 nitrogen and oxygen atoms in total. The van der Waals surface area contributed by atoms with E-state index >= 15 is 0 Å². The minimum atomic E-state index is 0.103. The van der Waals surface area contributed by atoms with Gasteiger partial charge in [0.25, 0.3) is 0 Å². The van der Waals surface area contributed by atoms with E-state index in [2.05, 4.69) is 4.98 Å². The van der Waals surface area contributed by atoms with Crippen molar-refractivity contribution >= 4 is 22.4 Å². The Bertz CT molecular complexity index is 650. The number of fused-ring (bicyclic) bond motifs is 2. The highest BCUT2D eigenvalue weighted by atomic mass is 16.5. The predicted molar refractivity (Wildman–Crippen MR) is 70.0 cm³/mol. The molecule has 0 saturated heterocycles. The molecule has 92 valence electrons. The van der Waals surface area contributed by atoms with Crippen molar-refractivity contribution in [2.45, 2.75) is 19.3 Å². The third kappa shape index (κ3) is 1.53. The fourth-order valence-electron chi connectivity index (χ4n) is 2.48. The number of hydrogen-bond donors (Lipinski definition) is 1. The summed E-state index contributed by atoms with van der Waals surface area (Å²) in [4.78, 5) is 16.5. The van der Waals surface area contributed by atoms with Crippen LogP contribution < -0.4 is 10.5 Å². The first kappa shape index (κ1) is 11.0. The standard InChI is InChI=1S/C14H14N2O2/c1-18-8-5-6-10-9(7-8)14(15)13-11(16-10)3-2-4-12(13)17/h5-7H,2-4H2,1H3,(H2,15,16). The number of Topliss-reactive ketones (excluding diaryl/α,β-unsaturated/α-hetero) is 1. The van der Waals surface area contributed by atoms with Crippen molar-refractivity contribution in [1.29, 1.82) is 0 Å². The van der Waals surface area contributed by atoms with E-state index in [1.165, 1.54) is 0 Å². The summed E-state index contributed by atoms with van der Waals surface area (Å²) in [7, 11) is 1.61. The molecule has 2 N–H and O–H groups in total. The lowest BCUT2D eigenvalue weighted by molar-refractivity contribution is 0.0973. The summed E-state index contributed by atoms with van der Waals surface area (Å²) >= 11 is 0. The van der Waals surface area contributed by atoms with Crippen LogP contribution >= 0.6 is 0 Å². The number of benzene rings is 1. The van der Waals surface area contributed by atoms with E-state index in [9.17, 15) is 4.79 Å². The Labute approximate surface area is 105 Å². The van der Waals surface area contributed by atoms with Crippen LogP contribution in [-0.4, -0.2) is 17.9 Å². The van der Waals surface area contributed by atoms with E-state index in [1.54, 1.807) is 7.11 Å². The number of ketones is 1. The number of carbonyl (C=O) groups excluding carboxylic acids is 1. The van der Waals surface area contributed by atoms with E-state index < -0.39 is 0 Å². The lowest BCUT2D eigenvalue weighted by Crippen LogP contribution is -2.15. The maximum Gasteiger partial charge on any atom is 0.166 e. The summed E-state index contributed by atoms with van der Waals surface area (Å²) in [5.74, 6) is 0.824. The smallest absolute Gasteiger partial charge is 0.166 e. The van der Waals surface area contributed by atoms with Crippen molar-refractivity contribution in [3.05, 3.63) is 29.5 Å². The molecule has 1 aromatic carbocycles. The molecule has 0 amide bonds. The van der Waals surface area contributed by atoms with Crippen LogP contribution in [0.15, 0.2) is 18.2 Å². The molecule has 0 radical (unpaired) electrons. The average Bonchev–Trinajstić information content (AvgIpc) is 2.38. The van der Waals surface area contributed by atoms with Crippen LogP contribution in [0.4, 0.5) is 5.69 Å². The zero-order valence-electron chi connectivity index (χ0n) is 10.2. The van der Waals surface area contributed by atoms with Gasteiger partial charge in [0.1, 0.15) is 5.75 Å². The SMILES string of the molecule is COc1ccc2nc3c(c(N)c2c1)C(=O)CCC3. The summed E-state index contributed by atoms with van der Waals surface area (Å²) in [6.45, 7) is 0. The van der Waals surface area contributed by atoms with Gasteiger partial charge in [0.05, 0.1) is 29.6 Å². The van der Waals surface area contributed by atoms with Crippen LogP contribution in [-0.2, 0) is 6.42 Å². The van der Waals surface area contributed by atoms with Gasteiger partial charge in [-0.05, 0) is 31.0 Å². The number of rotatable bonds is 1. The van der Waals surface area contributed by atoms with E-state index in [0.717, 1.165) is 35.2 Å². The van der Waals surface area contributed by atoms with Gasteiger partial charge in [-0.1, -0.05) is 0 Å². The molecule has 1 aliphatic rings. The Kier molecular flexibility index (Phi) is 2.44. The zero-order valence-corrected chi connectivity index (χ0v) is 10.2. The van der Waals surface area contributed by atoms with Crippen LogP contribution in [0.2, 0.25) is 0 Å². The molecule has 1 heterocycles. The summed E-state index contributed by atoms with van der Waals surface area (Å²) in [5, 5.41) is 0.795. The first-order valence-electron chi connectivity index (χ1n) is 6.00. The fraction of sp³-hybridized carbons (Fsp3) is 0.286. The van der Waals surface area contributed by atoms with Crippen molar-refractivity contribution < 1.29 is 9.53 Å². The molecule has 18 heavy (non-hydrogen) atoms. The molecule has 0 bridgehead atoms. The number of aromatic nitrogens is 1. The van der Waals surface area contributed by atoms with E-state index in [4.69, 9.17) is 10.5 Å². The monoisotopic (exact) mass is 242 g/mol. The molecular weight excluding hydrogens is 228 g/mol. The van der Waals surface area contributed by atoms with Crippen LogP contribution in [0.5, 0.6) is 5.75 Å². The highest BCUT2D eigenvalue weighted by Crippen LogP contribution is 2.32. The number of methoxy groups -OCH3 is 1. The number of nitrogen functional groups attached to an aromatic ring is 1. The second-order valence-electron chi connectivity index (χ2n) is 4.51. The number of ether oxygens (including phenoxy) is 1. The quantitative estimate of drug-likeness (QED) is 0.833. The normalized spacial score (nSPS) is 14.6. The minimum Gasteiger partial charge on any atom is -0.497 e. The first-order chi connectivity index (χ1) is 8.70. The lowest BCUT2D eigenvalue weighted by atomic mass is 9.92. The van der Waals surface area contributed by atoms with Crippen LogP contribution in [0.1, 0.15) is 28.9 Å². The summed E-state index contributed by atoms with van der Waals surface area (Å²) < 4.78 is 5.18. The van der Waals surface area contributed by atoms with Crippen LogP contribution in [0.3, 0.4) is 0 Å². The van der Waals surface area contributed by atoms with Crippen LogP contribution in [0.25, 0.3) is 10.9 Å². The molecule has 0 saturated carbocycles. The first-order valence-corrected chi connectivity index (χ1v) is 6.00. The van der Waals surface area contributed by atoms with Gasteiger partial charge in [0, 0.05) is 11.8 Å². The number of aryl methyl sites for hydroxylation is 1. The van der Waals surface area contributed by atoms with Crippen molar-refractivity contribution in [3.8, 4) is 5.75 Å². The molecular formula is C14H14N2O2. The zero-order chi connectivity index (χ0) is 12.7. The van der Waals surface area contributed by atoms with Gasteiger partial charge in [-0.25, -0.2) is 0 Å². The molecule has 4 heteroatoms. The summed E-state index contributed by atoms with van der Waals surface area (Å²) in [6, 6.07) is 5.57. The number of hydrogen-bond acceptors (Lipinski definition) is 4. The molecule has 3 rings (SSSR count). The molecule has 1 aromatic heterocycles. The number of pyridine rings is 1. The van der Waals surface area contributed by atoms with Gasteiger partial charge in [-0.3, -0.25) is 9.78 Å². The Morgan fingerprint density at radius 1 is 1.33 bits per heavy atom. The predicted octanol–water partition coefficient (Wildman–Crippen LogP) is 2.34. The fourth-order valence-corrected chi connectivity index (χ4v) is 2.48. The van der Waals surface area contributed by atoms with Crippen molar-refractivity contribution in [1.82, 2.24) is 4.98 Å². The number of anilines is 1. The average molecular weight is 242 g/mol. The number of carbonyl (C=O) groups is 1. The Balaban J connectivity index is 2.34. The van der Waals surface area contributed by atoms with E-state index in [-0.39, 0.29) is 5.78 Å². The van der Waals surface area contributed by atoms with Crippen molar-refractivity contribution in [3.63, 3.8) is 0 Å². The molecule has 0 spiro atoms. The second kappa shape index (κ2) is 3.98. The molecule has 0 unspecified atom stereocenters. The van der Waals surface area contributed by atoms with Gasteiger partial charge in [-0.2, -0.15) is 0 Å². The largest absolute Gasteiger partial charge is 0.497 e. The maximum absolute atomic E-state index is 12.0. The Morgan fingerprint density at radius 2 is 2.17 bits per heavy atom. The number of nitrogens with two attached hydrogens (primary N) is 1. The third-order valence-electron chi connectivity index (χ3n) is 3.40. The third-order valence-corrected chi connectivity index (χ3v) is 3.40. The van der Waals surface area contributed by atoms with Crippen LogP contribution in [0, 0.1) is 0 Å². The van der Waals surface area contributed by atoms with Crippen molar-refractivity contribution in [2.75, 3.05) is 12.8 Å². The topological polar surface area (TPSA) is 65.2 Å². The second-order valence-corrected chi connectivity index (χ2v) is 4.51. The van der Waals surface area contributed by atoms with Gasteiger partial charge >= 0.3 is 0 Å². The highest BCUT2D eigenvalue weighted by molar-refractivity contribution is 6.09. The van der Waals surface area contributed by atoms with Gasteiger partial charge in [0.2, 0.25) is 0 Å². The minimum absolute atomic E-state index is 0.103.